The topological polar surface area (TPSA) is 36.3 Å². The number of nitrogens with zero attached hydrogens (tertiary/aromatic N) is 2. The SMILES string of the molecule is C=CCN1[C@H](COC(c2ccccc2)(c2ccccc2)c2ccccc2)[C@H](c2ccccc2)[C@@H]1C#N. The third-order valence-corrected chi connectivity index (χ3v) is 7.21. The first-order valence-electron chi connectivity index (χ1n) is 12.4. The molecule has 4 aromatic rings. The predicted octanol–water partition coefficient (Wildman–Crippen LogP) is 6.54. The van der Waals surface area contributed by atoms with Crippen LogP contribution in [-0.2, 0) is 10.3 Å². The van der Waals surface area contributed by atoms with Crippen LogP contribution in [0.4, 0.5) is 0 Å². The molecule has 0 unspecified atom stereocenters. The highest BCUT2D eigenvalue weighted by Crippen LogP contribution is 2.45. The molecule has 36 heavy (non-hydrogen) atoms. The van der Waals surface area contributed by atoms with Gasteiger partial charge in [-0.2, -0.15) is 5.26 Å². The minimum atomic E-state index is -0.789. The summed E-state index contributed by atoms with van der Waals surface area (Å²) in [6.45, 7) is 5.05. The highest BCUT2D eigenvalue weighted by atomic mass is 16.5. The van der Waals surface area contributed by atoms with Crippen LogP contribution in [0.5, 0.6) is 0 Å². The summed E-state index contributed by atoms with van der Waals surface area (Å²) < 4.78 is 7.13. The summed E-state index contributed by atoms with van der Waals surface area (Å²) in [6.07, 6.45) is 1.87. The second-order valence-corrected chi connectivity index (χ2v) is 9.15. The highest BCUT2D eigenvalue weighted by Gasteiger charge is 2.50. The van der Waals surface area contributed by atoms with E-state index in [9.17, 15) is 5.26 Å². The van der Waals surface area contributed by atoms with Gasteiger partial charge in [-0.15, -0.1) is 6.58 Å². The van der Waals surface area contributed by atoms with Crippen LogP contribution in [0.15, 0.2) is 134 Å². The molecule has 3 nitrogen and oxygen atoms in total. The van der Waals surface area contributed by atoms with Gasteiger partial charge in [0.05, 0.1) is 12.7 Å². The van der Waals surface area contributed by atoms with Crippen LogP contribution in [0.2, 0.25) is 0 Å². The summed E-state index contributed by atoms with van der Waals surface area (Å²) in [5, 5.41) is 10.0. The van der Waals surface area contributed by atoms with E-state index in [1.54, 1.807) is 0 Å². The fraction of sp³-hybridized carbons (Fsp3) is 0.182. The van der Waals surface area contributed by atoms with E-state index < -0.39 is 5.60 Å². The van der Waals surface area contributed by atoms with Crippen molar-refractivity contribution in [3.05, 3.63) is 156 Å². The number of benzene rings is 4. The van der Waals surface area contributed by atoms with Gasteiger partial charge in [-0.05, 0) is 22.3 Å². The average Bonchev–Trinajstić information content (AvgIpc) is 2.95. The first kappa shape index (κ1) is 23.8. The fourth-order valence-corrected chi connectivity index (χ4v) is 5.54. The molecule has 0 amide bonds. The van der Waals surface area contributed by atoms with Gasteiger partial charge in [-0.25, -0.2) is 0 Å². The number of rotatable bonds is 9. The molecule has 3 atom stereocenters. The fourth-order valence-electron chi connectivity index (χ4n) is 5.54. The van der Waals surface area contributed by atoms with Gasteiger partial charge in [0, 0.05) is 18.5 Å². The maximum absolute atomic E-state index is 10.0. The molecule has 0 N–H and O–H groups in total. The van der Waals surface area contributed by atoms with E-state index in [0.717, 1.165) is 16.7 Å². The van der Waals surface area contributed by atoms with Crippen molar-refractivity contribution in [2.75, 3.05) is 13.2 Å². The number of likely N-dealkylation sites (tertiary alicyclic amines) is 1. The molecule has 1 heterocycles. The Balaban J connectivity index is 1.59. The van der Waals surface area contributed by atoms with Crippen LogP contribution in [-0.4, -0.2) is 30.1 Å². The third kappa shape index (κ3) is 4.27. The van der Waals surface area contributed by atoms with Gasteiger partial charge in [0.15, 0.2) is 0 Å². The first-order valence-corrected chi connectivity index (χ1v) is 12.4. The van der Waals surface area contributed by atoms with E-state index in [0.29, 0.717) is 13.2 Å². The van der Waals surface area contributed by atoms with Crippen LogP contribution in [0, 0.1) is 11.3 Å². The summed E-state index contributed by atoms with van der Waals surface area (Å²) in [5.41, 5.74) is 3.60. The Kier molecular flexibility index (Phi) is 7.09. The Hall–Kier alpha value is -3.97. The number of hydrogen-bond donors (Lipinski definition) is 0. The largest absolute Gasteiger partial charge is 0.359 e. The van der Waals surface area contributed by atoms with Crippen molar-refractivity contribution in [2.24, 2.45) is 0 Å². The lowest BCUT2D eigenvalue weighted by Gasteiger charge is -2.53. The summed E-state index contributed by atoms with van der Waals surface area (Å²) in [4.78, 5) is 2.20. The molecule has 1 saturated heterocycles. The van der Waals surface area contributed by atoms with E-state index in [1.807, 2.05) is 42.5 Å². The summed E-state index contributed by atoms with van der Waals surface area (Å²) in [5.74, 6) is 0.0659. The third-order valence-electron chi connectivity index (χ3n) is 7.21. The molecule has 0 aromatic heterocycles. The Labute approximate surface area is 213 Å². The normalized spacial score (nSPS) is 19.7. The highest BCUT2D eigenvalue weighted by molar-refractivity contribution is 5.47. The van der Waals surface area contributed by atoms with E-state index in [2.05, 4.69) is 102 Å². The van der Waals surface area contributed by atoms with Gasteiger partial charge >= 0.3 is 0 Å². The van der Waals surface area contributed by atoms with Gasteiger partial charge < -0.3 is 4.74 Å². The number of hydrogen-bond acceptors (Lipinski definition) is 3. The van der Waals surface area contributed by atoms with Crippen LogP contribution in [0.25, 0.3) is 0 Å². The second-order valence-electron chi connectivity index (χ2n) is 9.15. The zero-order chi connectivity index (χ0) is 24.8. The molecule has 0 aliphatic carbocycles. The molecule has 1 fully saturated rings. The molecule has 0 saturated carbocycles. The standard InChI is InChI=1S/C33H30N2O/c1-2-23-35-30(24-34)32(26-15-7-3-8-16-26)31(35)25-36-33(27-17-9-4-10-18-27,28-19-11-5-12-20-28)29-21-13-6-14-22-29/h2-22,30-32H,1,23,25H2/t30-,31+,32+/m0/s1. The van der Waals surface area contributed by atoms with E-state index >= 15 is 0 Å². The summed E-state index contributed by atoms with van der Waals surface area (Å²) >= 11 is 0. The second kappa shape index (κ2) is 10.7. The molecule has 0 spiro atoms. The Morgan fingerprint density at radius 2 is 1.19 bits per heavy atom. The molecule has 5 rings (SSSR count). The first-order chi connectivity index (χ1) is 17.8. The lowest BCUT2D eigenvalue weighted by Crippen LogP contribution is -2.63. The van der Waals surface area contributed by atoms with Crippen LogP contribution >= 0.6 is 0 Å². The smallest absolute Gasteiger partial charge is 0.143 e. The molecule has 1 aliphatic heterocycles. The van der Waals surface area contributed by atoms with Crippen LogP contribution in [0.3, 0.4) is 0 Å². The maximum Gasteiger partial charge on any atom is 0.143 e. The molecule has 4 aromatic carbocycles. The van der Waals surface area contributed by atoms with Crippen molar-refractivity contribution in [3.63, 3.8) is 0 Å². The van der Waals surface area contributed by atoms with Crippen molar-refractivity contribution in [1.29, 1.82) is 5.26 Å². The van der Waals surface area contributed by atoms with Crippen LogP contribution in [0.1, 0.15) is 28.2 Å². The zero-order valence-corrected chi connectivity index (χ0v) is 20.3. The van der Waals surface area contributed by atoms with E-state index in [1.165, 1.54) is 5.56 Å². The maximum atomic E-state index is 10.0. The lowest BCUT2D eigenvalue weighted by molar-refractivity contribution is -0.0750. The number of nitriles is 1. The van der Waals surface area contributed by atoms with Gasteiger partial charge in [-0.1, -0.05) is 127 Å². The van der Waals surface area contributed by atoms with Crippen LogP contribution < -0.4 is 0 Å². The average molecular weight is 471 g/mol. The molecule has 0 radical (unpaired) electrons. The monoisotopic (exact) mass is 470 g/mol. The lowest BCUT2D eigenvalue weighted by atomic mass is 9.75. The summed E-state index contributed by atoms with van der Waals surface area (Å²) in [6, 6.07) is 44.0. The van der Waals surface area contributed by atoms with Crippen molar-refractivity contribution >= 4 is 0 Å². The van der Waals surface area contributed by atoms with Crippen molar-refractivity contribution in [1.82, 2.24) is 4.90 Å². The van der Waals surface area contributed by atoms with Gasteiger partial charge in [-0.3, -0.25) is 4.90 Å². The Bertz CT molecular complexity index is 1200. The molecule has 3 heteroatoms. The Morgan fingerprint density at radius 3 is 1.61 bits per heavy atom. The quantitative estimate of drug-likeness (QED) is 0.206. The zero-order valence-electron chi connectivity index (χ0n) is 20.3. The molecular weight excluding hydrogens is 440 g/mol. The number of ether oxygens (including phenoxy) is 1. The minimum Gasteiger partial charge on any atom is -0.359 e. The van der Waals surface area contributed by atoms with Gasteiger partial charge in [0.25, 0.3) is 0 Å². The van der Waals surface area contributed by atoms with E-state index in [4.69, 9.17) is 4.74 Å². The summed E-state index contributed by atoms with van der Waals surface area (Å²) in [7, 11) is 0. The molecular formula is C33H30N2O. The van der Waals surface area contributed by atoms with Crippen molar-refractivity contribution < 1.29 is 4.74 Å². The van der Waals surface area contributed by atoms with Gasteiger partial charge in [0.1, 0.15) is 11.6 Å². The Morgan fingerprint density at radius 1 is 0.750 bits per heavy atom. The molecule has 178 valence electrons. The van der Waals surface area contributed by atoms with Crippen molar-refractivity contribution in [3.8, 4) is 6.07 Å². The minimum absolute atomic E-state index is 0.0468. The molecule has 1 aliphatic rings. The molecule has 0 bridgehead atoms. The van der Waals surface area contributed by atoms with E-state index in [-0.39, 0.29) is 18.0 Å². The predicted molar refractivity (Wildman–Crippen MR) is 144 cm³/mol. The van der Waals surface area contributed by atoms with Crippen molar-refractivity contribution in [2.45, 2.75) is 23.6 Å². The van der Waals surface area contributed by atoms with Gasteiger partial charge in [0.2, 0.25) is 0 Å².